The zero-order valence-electron chi connectivity index (χ0n) is 21.3. The number of ether oxygens (including phenoxy) is 1. The number of aryl methyl sites for hydroxylation is 3. The Kier molecular flexibility index (Phi) is 8.44. The summed E-state index contributed by atoms with van der Waals surface area (Å²) in [6, 6.07) is 19.2. The molecule has 0 spiro atoms. The van der Waals surface area contributed by atoms with Crippen molar-refractivity contribution < 1.29 is 18.7 Å². The van der Waals surface area contributed by atoms with Crippen LogP contribution in [0.5, 0.6) is 0 Å². The first kappa shape index (κ1) is 25.5. The minimum absolute atomic E-state index is 0.0525. The molecule has 1 atom stereocenters. The highest BCUT2D eigenvalue weighted by Gasteiger charge is 2.27. The molecule has 1 aliphatic rings. The highest BCUT2D eigenvalue weighted by molar-refractivity contribution is 5.93. The van der Waals surface area contributed by atoms with E-state index >= 15 is 0 Å². The zero-order valence-corrected chi connectivity index (χ0v) is 21.3. The highest BCUT2D eigenvalue weighted by atomic mass is 16.5. The van der Waals surface area contributed by atoms with Gasteiger partial charge in [0, 0.05) is 25.4 Å². The summed E-state index contributed by atoms with van der Waals surface area (Å²) < 4.78 is 11.6. The van der Waals surface area contributed by atoms with Gasteiger partial charge in [0.15, 0.2) is 0 Å². The summed E-state index contributed by atoms with van der Waals surface area (Å²) in [5, 5.41) is 3.00. The third-order valence-corrected chi connectivity index (χ3v) is 6.40. The van der Waals surface area contributed by atoms with Crippen molar-refractivity contribution >= 4 is 17.6 Å². The van der Waals surface area contributed by atoms with Crippen LogP contribution in [0.1, 0.15) is 41.1 Å². The normalized spacial score (nSPS) is 15.0. The van der Waals surface area contributed by atoms with Crippen molar-refractivity contribution in [3.8, 4) is 0 Å². The lowest BCUT2D eigenvalue weighted by atomic mass is 10.1. The predicted molar refractivity (Wildman–Crippen MR) is 140 cm³/mol. The minimum Gasteiger partial charge on any atom is -0.464 e. The van der Waals surface area contributed by atoms with E-state index in [1.165, 1.54) is 0 Å². The Bertz CT molecular complexity index is 1170. The van der Waals surface area contributed by atoms with Crippen LogP contribution in [-0.2, 0) is 22.6 Å². The fourth-order valence-electron chi connectivity index (χ4n) is 4.46. The number of rotatable bonds is 9. The van der Waals surface area contributed by atoms with Crippen LogP contribution < -0.4 is 5.32 Å². The first-order valence-electron chi connectivity index (χ1n) is 12.5. The summed E-state index contributed by atoms with van der Waals surface area (Å²) in [6.07, 6.45) is 1.77. The second-order valence-corrected chi connectivity index (χ2v) is 9.51. The van der Waals surface area contributed by atoms with Gasteiger partial charge >= 0.3 is 6.03 Å². The zero-order chi connectivity index (χ0) is 25.5. The number of benzene rings is 2. The molecule has 3 amide bonds. The van der Waals surface area contributed by atoms with E-state index in [1.54, 1.807) is 9.80 Å². The van der Waals surface area contributed by atoms with Crippen molar-refractivity contribution in [2.24, 2.45) is 0 Å². The van der Waals surface area contributed by atoms with E-state index in [4.69, 9.17) is 9.15 Å². The Labute approximate surface area is 213 Å². The summed E-state index contributed by atoms with van der Waals surface area (Å²) in [7, 11) is 0. The van der Waals surface area contributed by atoms with Gasteiger partial charge in [0.2, 0.25) is 5.91 Å². The van der Waals surface area contributed by atoms with Crippen LogP contribution in [-0.4, -0.2) is 47.5 Å². The number of hydrogen-bond acceptors (Lipinski definition) is 4. The Balaban J connectivity index is 1.52. The van der Waals surface area contributed by atoms with Crippen LogP contribution >= 0.6 is 0 Å². The molecule has 7 nitrogen and oxygen atoms in total. The predicted octanol–water partition coefficient (Wildman–Crippen LogP) is 5.45. The van der Waals surface area contributed by atoms with E-state index in [0.29, 0.717) is 32.0 Å². The standard InChI is InChI=1S/C29H35N3O4/c1-21-11-14-27(22(2)16-21)30-29(34)32(18-25-10-7-15-35-25)20-28(33)31(17-24-8-5-4-6-9-24)19-26-13-12-23(3)36-26/h4-6,8-9,11-14,16,25H,7,10,15,17-20H2,1-3H3,(H,30,34). The van der Waals surface area contributed by atoms with E-state index in [2.05, 4.69) is 5.32 Å². The topological polar surface area (TPSA) is 75.0 Å². The number of amides is 3. The summed E-state index contributed by atoms with van der Waals surface area (Å²) in [6.45, 7) is 7.61. The van der Waals surface area contributed by atoms with Crippen LogP contribution in [0, 0.1) is 20.8 Å². The first-order valence-corrected chi connectivity index (χ1v) is 12.5. The molecular formula is C29H35N3O4. The van der Waals surface area contributed by atoms with Gasteiger partial charge in [0.1, 0.15) is 18.1 Å². The second-order valence-electron chi connectivity index (χ2n) is 9.51. The average Bonchev–Trinajstić information content (AvgIpc) is 3.52. The van der Waals surface area contributed by atoms with Gasteiger partial charge in [-0.1, -0.05) is 48.0 Å². The molecule has 0 radical (unpaired) electrons. The third kappa shape index (κ3) is 6.98. The first-order chi connectivity index (χ1) is 17.4. The van der Waals surface area contributed by atoms with Gasteiger partial charge < -0.3 is 24.3 Å². The lowest BCUT2D eigenvalue weighted by Crippen LogP contribution is -2.46. The maximum Gasteiger partial charge on any atom is 0.322 e. The molecule has 7 heteroatoms. The fraction of sp³-hybridized carbons (Fsp3) is 0.379. The Morgan fingerprint density at radius 2 is 1.78 bits per heavy atom. The number of nitrogens with zero attached hydrogens (tertiary/aromatic N) is 2. The maximum atomic E-state index is 13.6. The summed E-state index contributed by atoms with van der Waals surface area (Å²) >= 11 is 0. The quantitative estimate of drug-likeness (QED) is 0.434. The minimum atomic E-state index is -0.306. The number of urea groups is 1. The molecule has 1 N–H and O–H groups in total. The molecule has 1 saturated heterocycles. The monoisotopic (exact) mass is 489 g/mol. The van der Waals surface area contributed by atoms with Gasteiger partial charge in [0.25, 0.3) is 0 Å². The summed E-state index contributed by atoms with van der Waals surface area (Å²) in [5.74, 6) is 1.36. The molecule has 0 saturated carbocycles. The van der Waals surface area contributed by atoms with Gasteiger partial charge in [-0.25, -0.2) is 4.79 Å². The number of nitrogens with one attached hydrogen (secondary N) is 1. The van der Waals surface area contributed by atoms with Gasteiger partial charge in [-0.05, 0) is 62.9 Å². The van der Waals surface area contributed by atoms with Crippen LogP contribution in [0.25, 0.3) is 0 Å². The number of carbonyl (C=O) groups excluding carboxylic acids is 2. The molecule has 3 aromatic rings. The number of hydrogen-bond donors (Lipinski definition) is 1. The van der Waals surface area contributed by atoms with Gasteiger partial charge in [-0.15, -0.1) is 0 Å². The number of carbonyl (C=O) groups is 2. The van der Waals surface area contributed by atoms with E-state index in [0.717, 1.165) is 41.0 Å². The van der Waals surface area contributed by atoms with Crippen molar-refractivity contribution in [3.05, 3.63) is 88.9 Å². The Hall–Kier alpha value is -3.58. The second kappa shape index (κ2) is 11.9. The molecule has 1 aromatic heterocycles. The van der Waals surface area contributed by atoms with Gasteiger partial charge in [-0.2, -0.15) is 0 Å². The summed E-state index contributed by atoms with van der Waals surface area (Å²) in [5.41, 5.74) is 3.86. The lowest BCUT2D eigenvalue weighted by molar-refractivity contribution is -0.133. The molecule has 1 aliphatic heterocycles. The molecule has 2 aromatic carbocycles. The van der Waals surface area contributed by atoms with E-state index in [9.17, 15) is 9.59 Å². The number of anilines is 1. The third-order valence-electron chi connectivity index (χ3n) is 6.40. The van der Waals surface area contributed by atoms with Crippen LogP contribution in [0.2, 0.25) is 0 Å². The van der Waals surface area contributed by atoms with Crippen LogP contribution in [0.15, 0.2) is 65.1 Å². The Morgan fingerprint density at radius 3 is 2.44 bits per heavy atom. The van der Waals surface area contributed by atoms with E-state index in [1.807, 2.05) is 81.4 Å². The molecule has 190 valence electrons. The fourth-order valence-corrected chi connectivity index (χ4v) is 4.46. The van der Waals surface area contributed by atoms with Crippen LogP contribution in [0.4, 0.5) is 10.5 Å². The lowest BCUT2D eigenvalue weighted by Gasteiger charge is -2.29. The SMILES string of the molecule is Cc1ccc(NC(=O)N(CC(=O)N(Cc2ccccc2)Cc2ccc(C)o2)CC2CCCO2)c(C)c1. The molecule has 0 aliphatic carbocycles. The molecule has 4 rings (SSSR count). The van der Waals surface area contributed by atoms with Crippen molar-refractivity contribution in [3.63, 3.8) is 0 Å². The van der Waals surface area contributed by atoms with Crippen LogP contribution in [0.3, 0.4) is 0 Å². The van der Waals surface area contributed by atoms with Crippen molar-refractivity contribution in [1.82, 2.24) is 9.80 Å². The van der Waals surface area contributed by atoms with E-state index in [-0.39, 0.29) is 24.6 Å². The molecule has 1 unspecified atom stereocenters. The molecule has 0 bridgehead atoms. The molecule has 36 heavy (non-hydrogen) atoms. The van der Waals surface area contributed by atoms with Crippen molar-refractivity contribution in [2.45, 2.75) is 52.8 Å². The van der Waals surface area contributed by atoms with Gasteiger partial charge in [-0.3, -0.25) is 4.79 Å². The average molecular weight is 490 g/mol. The number of furan rings is 1. The Morgan fingerprint density at radius 1 is 0.972 bits per heavy atom. The van der Waals surface area contributed by atoms with Gasteiger partial charge in [0.05, 0.1) is 12.6 Å². The summed E-state index contributed by atoms with van der Waals surface area (Å²) in [4.78, 5) is 30.3. The van der Waals surface area contributed by atoms with Crippen molar-refractivity contribution in [1.29, 1.82) is 0 Å². The molecule has 2 heterocycles. The highest BCUT2D eigenvalue weighted by Crippen LogP contribution is 2.19. The smallest absolute Gasteiger partial charge is 0.322 e. The maximum absolute atomic E-state index is 13.6. The molecular weight excluding hydrogens is 454 g/mol. The van der Waals surface area contributed by atoms with Crippen molar-refractivity contribution in [2.75, 3.05) is 25.0 Å². The molecule has 1 fully saturated rings. The van der Waals surface area contributed by atoms with E-state index < -0.39 is 0 Å². The largest absolute Gasteiger partial charge is 0.464 e.